The van der Waals surface area contributed by atoms with Gasteiger partial charge in [-0.15, -0.1) is 0 Å². The third-order valence-electron chi connectivity index (χ3n) is 4.07. The average molecular weight is 401 g/mol. The number of likely N-dealkylation sites (N-methyl/N-ethyl adjacent to an activating group) is 1. The van der Waals surface area contributed by atoms with Gasteiger partial charge in [-0.25, -0.2) is 0 Å². The topological polar surface area (TPSA) is 67.9 Å². The third kappa shape index (κ3) is 5.50. The normalized spacial score (nSPS) is 13.1. The van der Waals surface area contributed by atoms with Gasteiger partial charge in [0.15, 0.2) is 11.5 Å². The van der Waals surface area contributed by atoms with Gasteiger partial charge in [0.2, 0.25) is 11.8 Å². The average Bonchev–Trinajstić information content (AvgIpc) is 2.92. The Morgan fingerprint density at radius 2 is 1.82 bits per heavy atom. The number of benzene rings is 2. The zero-order chi connectivity index (χ0) is 19.9. The highest BCUT2D eigenvalue weighted by atomic mass is 35.5. The van der Waals surface area contributed by atoms with E-state index in [9.17, 15) is 9.59 Å². The van der Waals surface area contributed by atoms with Crippen LogP contribution in [-0.4, -0.2) is 43.5 Å². The van der Waals surface area contributed by atoms with Crippen LogP contribution in [0.5, 0.6) is 11.5 Å². The van der Waals surface area contributed by atoms with Crippen molar-refractivity contribution in [3.05, 3.63) is 59.1 Å². The molecule has 28 heavy (non-hydrogen) atoms. The van der Waals surface area contributed by atoms with E-state index in [1.54, 1.807) is 37.4 Å². The SMILES string of the molecule is CN(CC(=O)Nc1ccc(Cl)cc1)C(=O)/C=C/c1ccc2c(c1)OCCCO2. The Balaban J connectivity index is 1.55. The van der Waals surface area contributed by atoms with E-state index in [0.717, 1.165) is 12.0 Å². The van der Waals surface area contributed by atoms with Gasteiger partial charge in [-0.05, 0) is 48.0 Å². The van der Waals surface area contributed by atoms with Crippen LogP contribution in [0.2, 0.25) is 5.02 Å². The minimum atomic E-state index is -0.290. The number of hydrogen-bond acceptors (Lipinski definition) is 4. The van der Waals surface area contributed by atoms with Crippen molar-refractivity contribution in [1.82, 2.24) is 4.90 Å². The summed E-state index contributed by atoms with van der Waals surface area (Å²) in [4.78, 5) is 25.7. The Morgan fingerprint density at radius 3 is 2.57 bits per heavy atom. The molecule has 7 heteroatoms. The van der Waals surface area contributed by atoms with Crippen LogP contribution in [-0.2, 0) is 9.59 Å². The van der Waals surface area contributed by atoms with Gasteiger partial charge in [-0.2, -0.15) is 0 Å². The molecule has 0 bridgehead atoms. The molecule has 0 aliphatic carbocycles. The maximum atomic E-state index is 12.3. The van der Waals surface area contributed by atoms with Crippen LogP contribution in [0, 0.1) is 0 Å². The summed E-state index contributed by atoms with van der Waals surface area (Å²) in [5.74, 6) is 0.806. The second kappa shape index (κ2) is 9.28. The van der Waals surface area contributed by atoms with Crippen molar-refractivity contribution >= 4 is 35.2 Å². The van der Waals surface area contributed by atoms with E-state index in [4.69, 9.17) is 21.1 Å². The number of nitrogens with one attached hydrogen (secondary N) is 1. The van der Waals surface area contributed by atoms with Gasteiger partial charge >= 0.3 is 0 Å². The molecule has 0 unspecified atom stereocenters. The summed E-state index contributed by atoms with van der Waals surface area (Å²) in [6, 6.07) is 12.3. The first-order valence-electron chi connectivity index (χ1n) is 8.89. The van der Waals surface area contributed by atoms with Crippen LogP contribution < -0.4 is 14.8 Å². The van der Waals surface area contributed by atoms with Crippen LogP contribution in [0.4, 0.5) is 5.69 Å². The first-order valence-corrected chi connectivity index (χ1v) is 9.27. The van der Waals surface area contributed by atoms with Gasteiger partial charge < -0.3 is 19.7 Å². The lowest BCUT2D eigenvalue weighted by Gasteiger charge is -2.15. The van der Waals surface area contributed by atoms with Gasteiger partial charge in [0.05, 0.1) is 19.8 Å². The molecule has 0 atom stereocenters. The second-order valence-corrected chi connectivity index (χ2v) is 6.78. The minimum Gasteiger partial charge on any atom is -0.490 e. The molecule has 3 rings (SSSR count). The van der Waals surface area contributed by atoms with Crippen LogP contribution in [0.1, 0.15) is 12.0 Å². The van der Waals surface area contributed by atoms with Crippen molar-refractivity contribution in [2.24, 2.45) is 0 Å². The molecular weight excluding hydrogens is 380 g/mol. The van der Waals surface area contributed by atoms with Crippen LogP contribution in [0.3, 0.4) is 0 Å². The van der Waals surface area contributed by atoms with Crippen LogP contribution >= 0.6 is 11.6 Å². The number of fused-ring (bicyclic) bond motifs is 1. The molecular formula is C21H21ClN2O4. The fraction of sp³-hybridized carbons (Fsp3) is 0.238. The maximum absolute atomic E-state index is 12.3. The molecule has 146 valence electrons. The van der Waals surface area contributed by atoms with Gasteiger partial charge in [0, 0.05) is 30.3 Å². The number of carbonyl (C=O) groups is 2. The van der Waals surface area contributed by atoms with Crippen LogP contribution in [0.25, 0.3) is 6.08 Å². The lowest BCUT2D eigenvalue weighted by atomic mass is 10.2. The number of ether oxygens (including phenoxy) is 2. The molecule has 2 aromatic carbocycles. The molecule has 2 aromatic rings. The predicted molar refractivity (Wildman–Crippen MR) is 109 cm³/mol. The highest BCUT2D eigenvalue weighted by Crippen LogP contribution is 2.30. The standard InChI is InChI=1S/C21H21ClN2O4/c1-24(14-20(25)23-17-7-5-16(22)6-8-17)21(26)10-4-15-3-9-18-19(13-15)28-12-2-11-27-18/h3-10,13H,2,11-12,14H2,1H3,(H,23,25)/b10-4+. The molecule has 1 aliphatic heterocycles. The van der Waals surface area contributed by atoms with E-state index in [-0.39, 0.29) is 18.4 Å². The Labute approximate surface area is 168 Å². The quantitative estimate of drug-likeness (QED) is 0.778. The second-order valence-electron chi connectivity index (χ2n) is 6.34. The zero-order valence-electron chi connectivity index (χ0n) is 15.5. The highest BCUT2D eigenvalue weighted by molar-refractivity contribution is 6.30. The molecule has 6 nitrogen and oxygen atoms in total. The van der Waals surface area contributed by atoms with Gasteiger partial charge in [0.1, 0.15) is 0 Å². The number of anilines is 1. The predicted octanol–water partition coefficient (Wildman–Crippen LogP) is 3.61. The van der Waals surface area contributed by atoms with Gasteiger partial charge in [0.25, 0.3) is 0 Å². The number of nitrogens with zero attached hydrogens (tertiary/aromatic N) is 1. The third-order valence-corrected chi connectivity index (χ3v) is 4.33. The number of rotatable bonds is 5. The monoisotopic (exact) mass is 400 g/mol. The summed E-state index contributed by atoms with van der Waals surface area (Å²) in [5, 5.41) is 3.31. The Bertz CT molecular complexity index is 880. The fourth-order valence-corrected chi connectivity index (χ4v) is 2.73. The molecule has 0 aromatic heterocycles. The molecule has 0 radical (unpaired) electrons. The van der Waals surface area contributed by atoms with Crippen molar-refractivity contribution in [1.29, 1.82) is 0 Å². The minimum absolute atomic E-state index is 0.0626. The van der Waals surface area contributed by atoms with Crippen molar-refractivity contribution < 1.29 is 19.1 Å². The van der Waals surface area contributed by atoms with Gasteiger partial charge in [-0.1, -0.05) is 17.7 Å². The summed E-state index contributed by atoms with van der Waals surface area (Å²) in [6.07, 6.45) is 3.94. The van der Waals surface area contributed by atoms with E-state index in [2.05, 4.69) is 5.32 Å². The largest absolute Gasteiger partial charge is 0.490 e. The van der Waals surface area contributed by atoms with E-state index >= 15 is 0 Å². The van der Waals surface area contributed by atoms with Crippen molar-refractivity contribution in [2.45, 2.75) is 6.42 Å². The molecule has 0 saturated heterocycles. The van der Waals surface area contributed by atoms with Crippen molar-refractivity contribution in [3.8, 4) is 11.5 Å². The van der Waals surface area contributed by atoms with E-state index in [1.165, 1.54) is 11.0 Å². The smallest absolute Gasteiger partial charge is 0.246 e. The van der Waals surface area contributed by atoms with Gasteiger partial charge in [-0.3, -0.25) is 9.59 Å². The lowest BCUT2D eigenvalue weighted by molar-refractivity contribution is -0.129. The van der Waals surface area contributed by atoms with Crippen LogP contribution in [0.15, 0.2) is 48.5 Å². The maximum Gasteiger partial charge on any atom is 0.246 e. The molecule has 0 fully saturated rings. The first-order chi connectivity index (χ1) is 13.5. The molecule has 1 aliphatic rings. The number of hydrogen-bond donors (Lipinski definition) is 1. The van der Waals surface area contributed by atoms with E-state index in [0.29, 0.717) is 35.4 Å². The molecule has 0 saturated carbocycles. The summed E-state index contributed by atoms with van der Waals surface area (Å²) in [6.45, 7) is 1.17. The van der Waals surface area contributed by atoms with E-state index < -0.39 is 0 Å². The number of halogens is 1. The molecule has 1 N–H and O–H groups in total. The summed E-state index contributed by atoms with van der Waals surface area (Å²) >= 11 is 5.82. The Kier molecular flexibility index (Phi) is 6.55. The zero-order valence-corrected chi connectivity index (χ0v) is 16.2. The molecule has 0 spiro atoms. The van der Waals surface area contributed by atoms with Crippen molar-refractivity contribution in [3.63, 3.8) is 0 Å². The van der Waals surface area contributed by atoms with E-state index in [1.807, 2.05) is 18.2 Å². The summed E-state index contributed by atoms with van der Waals surface area (Å²) in [5.41, 5.74) is 1.44. The number of carbonyl (C=O) groups excluding carboxylic acids is 2. The Hall–Kier alpha value is -2.99. The fourth-order valence-electron chi connectivity index (χ4n) is 2.61. The lowest BCUT2D eigenvalue weighted by Crippen LogP contribution is -2.33. The first kappa shape index (κ1) is 19.8. The van der Waals surface area contributed by atoms with Crippen molar-refractivity contribution in [2.75, 3.05) is 32.1 Å². The number of amides is 2. The summed E-state index contributed by atoms with van der Waals surface area (Å²) < 4.78 is 11.2. The Morgan fingerprint density at radius 1 is 1.11 bits per heavy atom. The highest BCUT2D eigenvalue weighted by Gasteiger charge is 2.12. The summed E-state index contributed by atoms with van der Waals surface area (Å²) in [7, 11) is 1.57. The molecule has 1 heterocycles. The molecule has 2 amide bonds.